The number of benzene rings is 2. The molecule has 104 valence electrons. The largest absolute Gasteiger partial charge is 0.507 e. The Hall–Kier alpha value is -1.56. The quantitative estimate of drug-likeness (QED) is 0.780. The monoisotopic (exact) mass is 381 g/mol. The van der Waals surface area contributed by atoms with Gasteiger partial charge in [-0.3, -0.25) is 4.79 Å². The van der Waals surface area contributed by atoms with Gasteiger partial charge in [0.15, 0.2) is 0 Å². The van der Waals surface area contributed by atoms with Crippen LogP contribution in [0.1, 0.15) is 29.3 Å². The lowest BCUT2D eigenvalue weighted by Gasteiger charge is -2.07. The number of hydrogen-bond donors (Lipinski definition) is 2. The highest BCUT2D eigenvalue weighted by molar-refractivity contribution is 14.1. The molecule has 0 aliphatic heterocycles. The summed E-state index contributed by atoms with van der Waals surface area (Å²) in [6.07, 6.45) is 2.15. The molecule has 1 amide bonds. The number of rotatable bonds is 4. The normalized spacial score (nSPS) is 10.3. The highest BCUT2D eigenvalue weighted by Crippen LogP contribution is 2.21. The number of nitrogens with one attached hydrogen (secondary N) is 1. The molecule has 0 aromatic heterocycles. The smallest absolute Gasteiger partial charge is 0.255 e. The second-order valence-corrected chi connectivity index (χ2v) is 5.73. The molecule has 0 aliphatic carbocycles. The second kappa shape index (κ2) is 6.74. The summed E-state index contributed by atoms with van der Waals surface area (Å²) < 4.78 is 0.725. The van der Waals surface area contributed by atoms with Crippen molar-refractivity contribution in [2.45, 2.75) is 19.8 Å². The third-order valence-electron chi connectivity index (χ3n) is 2.96. The molecule has 0 aliphatic rings. The van der Waals surface area contributed by atoms with Gasteiger partial charge in [-0.2, -0.15) is 0 Å². The Morgan fingerprint density at radius 1 is 1.20 bits per heavy atom. The van der Waals surface area contributed by atoms with Crippen LogP contribution in [0.25, 0.3) is 0 Å². The Morgan fingerprint density at radius 3 is 2.50 bits per heavy atom. The highest BCUT2D eigenvalue weighted by atomic mass is 127. The Bertz CT molecular complexity index is 608. The zero-order chi connectivity index (χ0) is 14.5. The second-order valence-electron chi connectivity index (χ2n) is 4.57. The van der Waals surface area contributed by atoms with Crippen LogP contribution in [-0.4, -0.2) is 11.0 Å². The molecule has 2 aromatic rings. The van der Waals surface area contributed by atoms with E-state index in [1.807, 2.05) is 46.9 Å². The highest BCUT2D eigenvalue weighted by Gasteiger charge is 2.08. The number of carbonyl (C=O) groups excluding carboxylic acids is 1. The van der Waals surface area contributed by atoms with Crippen LogP contribution in [0.15, 0.2) is 42.5 Å². The van der Waals surface area contributed by atoms with Crippen LogP contribution >= 0.6 is 22.6 Å². The van der Waals surface area contributed by atoms with Crippen molar-refractivity contribution in [2.75, 3.05) is 5.32 Å². The van der Waals surface area contributed by atoms with Crippen molar-refractivity contribution in [1.29, 1.82) is 0 Å². The molecule has 2 aromatic carbocycles. The van der Waals surface area contributed by atoms with Gasteiger partial charge in [0.05, 0.1) is 3.57 Å². The van der Waals surface area contributed by atoms with Crippen LogP contribution in [0.3, 0.4) is 0 Å². The van der Waals surface area contributed by atoms with Gasteiger partial charge in [0.2, 0.25) is 0 Å². The molecule has 0 heterocycles. The molecule has 0 bridgehead atoms. The molecule has 2 N–H and O–H groups in total. The van der Waals surface area contributed by atoms with E-state index >= 15 is 0 Å². The first-order chi connectivity index (χ1) is 9.60. The average molecular weight is 381 g/mol. The van der Waals surface area contributed by atoms with Crippen molar-refractivity contribution in [1.82, 2.24) is 0 Å². The van der Waals surface area contributed by atoms with Gasteiger partial charge >= 0.3 is 0 Å². The molecular weight excluding hydrogens is 365 g/mol. The van der Waals surface area contributed by atoms with Crippen molar-refractivity contribution >= 4 is 34.2 Å². The van der Waals surface area contributed by atoms with Crippen LogP contribution in [-0.2, 0) is 6.42 Å². The van der Waals surface area contributed by atoms with E-state index in [0.29, 0.717) is 5.56 Å². The van der Waals surface area contributed by atoms with Gasteiger partial charge in [-0.05, 0) is 64.9 Å². The maximum absolute atomic E-state index is 12.1. The zero-order valence-electron chi connectivity index (χ0n) is 11.2. The molecule has 3 nitrogen and oxygen atoms in total. The Kier molecular flexibility index (Phi) is 5.00. The topological polar surface area (TPSA) is 49.3 Å². The lowest BCUT2D eigenvalue weighted by atomic mass is 10.1. The number of phenolic OH excluding ortho intramolecular Hbond substituents is 1. The first kappa shape index (κ1) is 14.8. The molecule has 0 radical (unpaired) electrons. The van der Waals surface area contributed by atoms with Gasteiger partial charge < -0.3 is 10.4 Å². The fourth-order valence-electron chi connectivity index (χ4n) is 1.90. The minimum absolute atomic E-state index is 0.122. The van der Waals surface area contributed by atoms with Gasteiger partial charge in [-0.1, -0.05) is 25.5 Å². The van der Waals surface area contributed by atoms with E-state index in [9.17, 15) is 9.90 Å². The molecule has 4 heteroatoms. The van der Waals surface area contributed by atoms with Gasteiger partial charge in [0.1, 0.15) is 5.75 Å². The van der Waals surface area contributed by atoms with Crippen molar-refractivity contribution < 1.29 is 9.90 Å². The lowest BCUT2D eigenvalue weighted by Crippen LogP contribution is -2.11. The standard InChI is InChI=1S/C16H16INO2/c1-2-3-11-4-7-13(8-5-11)18-16(20)12-6-9-14(17)15(19)10-12/h4-10,19H,2-3H2,1H3,(H,18,20). The predicted molar refractivity (Wildman–Crippen MR) is 89.2 cm³/mol. The zero-order valence-corrected chi connectivity index (χ0v) is 13.3. The number of amides is 1. The molecular formula is C16H16INO2. The first-order valence-electron chi connectivity index (χ1n) is 6.49. The maximum Gasteiger partial charge on any atom is 0.255 e. The number of phenols is 1. The van der Waals surface area contributed by atoms with Crippen LogP contribution in [0, 0.1) is 3.57 Å². The number of aromatic hydroxyl groups is 1. The maximum atomic E-state index is 12.1. The van der Waals surface area contributed by atoms with Gasteiger partial charge in [0, 0.05) is 11.3 Å². The Morgan fingerprint density at radius 2 is 1.90 bits per heavy atom. The minimum atomic E-state index is -0.222. The van der Waals surface area contributed by atoms with Crippen molar-refractivity contribution in [2.24, 2.45) is 0 Å². The predicted octanol–water partition coefficient (Wildman–Crippen LogP) is 4.20. The molecule has 20 heavy (non-hydrogen) atoms. The van der Waals surface area contributed by atoms with Crippen LogP contribution in [0.4, 0.5) is 5.69 Å². The summed E-state index contributed by atoms with van der Waals surface area (Å²) in [7, 11) is 0. The van der Waals surface area contributed by atoms with Crippen LogP contribution in [0.2, 0.25) is 0 Å². The SMILES string of the molecule is CCCc1ccc(NC(=O)c2ccc(I)c(O)c2)cc1. The Balaban J connectivity index is 2.08. The van der Waals surface area contributed by atoms with E-state index < -0.39 is 0 Å². The van der Waals surface area contributed by atoms with Crippen molar-refractivity contribution in [3.8, 4) is 5.75 Å². The fraction of sp³-hybridized carbons (Fsp3) is 0.188. The average Bonchev–Trinajstić information content (AvgIpc) is 2.44. The van der Waals surface area contributed by atoms with E-state index in [4.69, 9.17) is 0 Å². The third-order valence-corrected chi connectivity index (χ3v) is 3.87. The van der Waals surface area contributed by atoms with E-state index in [-0.39, 0.29) is 11.7 Å². The van der Waals surface area contributed by atoms with E-state index in [2.05, 4.69) is 12.2 Å². The summed E-state index contributed by atoms with van der Waals surface area (Å²) in [5.41, 5.74) is 2.46. The van der Waals surface area contributed by atoms with E-state index in [1.54, 1.807) is 12.1 Å². The molecule has 0 saturated heterocycles. The van der Waals surface area contributed by atoms with E-state index in [0.717, 1.165) is 22.1 Å². The summed E-state index contributed by atoms with van der Waals surface area (Å²) in [6, 6.07) is 12.7. The third kappa shape index (κ3) is 3.72. The summed E-state index contributed by atoms with van der Waals surface area (Å²) in [5.74, 6) is -0.100. The molecule has 2 rings (SSSR count). The van der Waals surface area contributed by atoms with E-state index in [1.165, 1.54) is 11.6 Å². The molecule has 0 unspecified atom stereocenters. The fourth-order valence-corrected chi connectivity index (χ4v) is 2.24. The van der Waals surface area contributed by atoms with Crippen molar-refractivity contribution in [3.05, 3.63) is 57.2 Å². The number of carbonyl (C=O) groups is 1. The van der Waals surface area contributed by atoms with Crippen LogP contribution in [0.5, 0.6) is 5.75 Å². The number of halogens is 1. The Labute approximate surface area is 132 Å². The van der Waals surface area contributed by atoms with Gasteiger partial charge in [-0.15, -0.1) is 0 Å². The molecule has 0 spiro atoms. The number of aryl methyl sites for hydroxylation is 1. The van der Waals surface area contributed by atoms with Crippen molar-refractivity contribution in [3.63, 3.8) is 0 Å². The molecule has 0 saturated carbocycles. The van der Waals surface area contributed by atoms with Crippen LogP contribution < -0.4 is 5.32 Å². The first-order valence-corrected chi connectivity index (χ1v) is 7.57. The van der Waals surface area contributed by atoms with Gasteiger partial charge in [-0.25, -0.2) is 0 Å². The summed E-state index contributed by atoms with van der Waals surface area (Å²) in [5, 5.41) is 12.4. The minimum Gasteiger partial charge on any atom is -0.507 e. The summed E-state index contributed by atoms with van der Waals surface area (Å²) >= 11 is 2.02. The number of hydrogen-bond acceptors (Lipinski definition) is 2. The molecule has 0 fully saturated rings. The summed E-state index contributed by atoms with van der Waals surface area (Å²) in [4.78, 5) is 12.1. The summed E-state index contributed by atoms with van der Waals surface area (Å²) in [6.45, 7) is 2.14. The molecule has 0 atom stereocenters. The number of anilines is 1. The lowest BCUT2D eigenvalue weighted by molar-refractivity contribution is 0.102. The van der Waals surface area contributed by atoms with Gasteiger partial charge in [0.25, 0.3) is 5.91 Å².